The molecule has 2 rings (SSSR count). The molecular weight excluding hydrogens is 282 g/mol. The number of hydrogen-bond donors (Lipinski definition) is 0. The van der Waals surface area contributed by atoms with Crippen LogP contribution in [0.4, 0.5) is 0 Å². The van der Waals surface area contributed by atoms with Crippen LogP contribution < -0.4 is 0 Å². The van der Waals surface area contributed by atoms with Crippen LogP contribution >= 0.6 is 34.2 Å². The molecule has 0 bridgehead atoms. The Hall–Kier alpha value is -0.280. The van der Waals surface area contributed by atoms with Gasteiger partial charge in [0.15, 0.2) is 0 Å². The summed E-state index contributed by atoms with van der Waals surface area (Å²) in [7, 11) is 0. The van der Waals surface area contributed by atoms with Crippen LogP contribution in [0.1, 0.15) is 0 Å². The van der Waals surface area contributed by atoms with Crippen LogP contribution in [0.25, 0.3) is 10.8 Å². The van der Waals surface area contributed by atoms with Gasteiger partial charge in [-0.2, -0.15) is 0 Å². The lowest BCUT2D eigenvalue weighted by atomic mass is 10.1. The molecule has 0 N–H and O–H groups in total. The highest BCUT2D eigenvalue weighted by atomic mass is 127. The Bertz CT molecular complexity index is 382. The fourth-order valence-corrected chi connectivity index (χ4v) is 1.88. The van der Waals surface area contributed by atoms with E-state index in [-0.39, 0.29) is 0 Å². The maximum Gasteiger partial charge on any atom is 0.0412 e. The number of benzene rings is 2. The van der Waals surface area contributed by atoms with Crippen LogP contribution in [0.15, 0.2) is 36.4 Å². The molecule has 0 aliphatic heterocycles. The highest BCUT2D eigenvalue weighted by molar-refractivity contribution is 14.1. The maximum atomic E-state index is 5.86. The van der Waals surface area contributed by atoms with Crippen LogP contribution in [0.3, 0.4) is 0 Å². The number of fused-ring (bicyclic) bond motifs is 1. The van der Waals surface area contributed by atoms with Crippen LogP contribution in [0.2, 0.25) is 5.02 Å². The van der Waals surface area contributed by atoms with Gasteiger partial charge in [-0.15, -0.1) is 0 Å². The Labute approximate surface area is 89.7 Å². The van der Waals surface area contributed by atoms with Crippen LogP contribution in [0.5, 0.6) is 0 Å². The van der Waals surface area contributed by atoms with Gasteiger partial charge in [0.1, 0.15) is 0 Å². The van der Waals surface area contributed by atoms with Gasteiger partial charge >= 0.3 is 0 Å². The average Bonchev–Trinajstić information content (AvgIpc) is 2.05. The minimum atomic E-state index is 0.795. The molecule has 0 nitrogen and oxygen atoms in total. The molecule has 0 radical (unpaired) electrons. The van der Waals surface area contributed by atoms with Crippen molar-refractivity contribution in [2.75, 3.05) is 0 Å². The van der Waals surface area contributed by atoms with Gasteiger partial charge in [0.2, 0.25) is 0 Å². The van der Waals surface area contributed by atoms with Crippen molar-refractivity contribution in [1.82, 2.24) is 0 Å². The van der Waals surface area contributed by atoms with Gasteiger partial charge in [-0.1, -0.05) is 23.7 Å². The largest absolute Gasteiger partial charge is 0.0843 e. The molecule has 12 heavy (non-hydrogen) atoms. The topological polar surface area (TPSA) is 0 Å². The zero-order valence-electron chi connectivity index (χ0n) is 6.22. The first-order chi connectivity index (χ1) is 5.75. The van der Waals surface area contributed by atoms with E-state index in [9.17, 15) is 0 Å². The number of rotatable bonds is 0. The zero-order chi connectivity index (χ0) is 8.55. The van der Waals surface area contributed by atoms with E-state index in [1.807, 2.05) is 18.2 Å². The Morgan fingerprint density at radius 1 is 0.917 bits per heavy atom. The van der Waals surface area contributed by atoms with Crippen molar-refractivity contribution in [3.8, 4) is 0 Å². The van der Waals surface area contributed by atoms with Crippen LogP contribution in [-0.2, 0) is 0 Å². The van der Waals surface area contributed by atoms with E-state index in [4.69, 9.17) is 11.6 Å². The second kappa shape index (κ2) is 3.23. The fourth-order valence-electron chi connectivity index (χ4n) is 1.19. The molecule has 2 aromatic rings. The van der Waals surface area contributed by atoms with Gasteiger partial charge < -0.3 is 0 Å². The maximum absolute atomic E-state index is 5.86. The van der Waals surface area contributed by atoms with E-state index < -0.39 is 0 Å². The van der Waals surface area contributed by atoms with Crippen molar-refractivity contribution in [3.63, 3.8) is 0 Å². The minimum absolute atomic E-state index is 0.795. The zero-order valence-corrected chi connectivity index (χ0v) is 9.13. The van der Waals surface area contributed by atoms with E-state index in [0.717, 1.165) is 5.02 Å². The monoisotopic (exact) mass is 288 g/mol. The van der Waals surface area contributed by atoms with Crippen molar-refractivity contribution in [2.45, 2.75) is 0 Å². The summed E-state index contributed by atoms with van der Waals surface area (Å²) in [6, 6.07) is 12.3. The number of halogens is 2. The lowest BCUT2D eigenvalue weighted by Gasteiger charge is -1.98. The molecule has 2 heteroatoms. The molecule has 0 spiro atoms. The van der Waals surface area contributed by atoms with E-state index in [0.29, 0.717) is 0 Å². The summed E-state index contributed by atoms with van der Waals surface area (Å²) in [5, 5.41) is 3.23. The minimum Gasteiger partial charge on any atom is -0.0843 e. The summed E-state index contributed by atoms with van der Waals surface area (Å²) >= 11 is 8.16. The molecule has 0 heterocycles. The van der Waals surface area contributed by atoms with Gasteiger partial charge in [0.05, 0.1) is 0 Å². The van der Waals surface area contributed by atoms with Gasteiger partial charge in [0, 0.05) is 8.59 Å². The summed E-state index contributed by atoms with van der Waals surface area (Å²) in [5.41, 5.74) is 0. The molecule has 0 aliphatic rings. The molecule has 0 unspecified atom stereocenters. The predicted octanol–water partition coefficient (Wildman–Crippen LogP) is 4.10. The van der Waals surface area contributed by atoms with E-state index in [1.54, 1.807) is 0 Å². The van der Waals surface area contributed by atoms with Gasteiger partial charge in [0.25, 0.3) is 0 Å². The quantitative estimate of drug-likeness (QED) is 0.640. The summed E-state index contributed by atoms with van der Waals surface area (Å²) in [6.45, 7) is 0. The highest BCUT2D eigenvalue weighted by Crippen LogP contribution is 2.20. The SMILES string of the molecule is Clc1ccc2cc(I)ccc2c1. The van der Waals surface area contributed by atoms with Crippen molar-refractivity contribution >= 4 is 45.0 Å². The predicted molar refractivity (Wildman–Crippen MR) is 61.7 cm³/mol. The summed E-state index contributed by atoms with van der Waals surface area (Å²) in [5.74, 6) is 0. The molecular formula is C10H6ClI. The lowest BCUT2D eigenvalue weighted by molar-refractivity contribution is 1.70. The standard InChI is InChI=1S/C10H6ClI/c11-9-3-1-8-6-10(12)4-2-7(8)5-9/h1-6H. The van der Waals surface area contributed by atoms with Gasteiger partial charge in [-0.25, -0.2) is 0 Å². The van der Waals surface area contributed by atoms with E-state index >= 15 is 0 Å². The smallest absolute Gasteiger partial charge is 0.0412 e. The summed E-state index contributed by atoms with van der Waals surface area (Å²) < 4.78 is 1.25. The van der Waals surface area contributed by atoms with Gasteiger partial charge in [-0.3, -0.25) is 0 Å². The van der Waals surface area contributed by atoms with Crippen molar-refractivity contribution in [2.24, 2.45) is 0 Å². The Morgan fingerprint density at radius 3 is 2.42 bits per heavy atom. The van der Waals surface area contributed by atoms with Crippen LogP contribution in [0, 0.1) is 3.57 Å². The molecule has 0 saturated carbocycles. The van der Waals surface area contributed by atoms with Gasteiger partial charge in [-0.05, 0) is 57.6 Å². The summed E-state index contributed by atoms with van der Waals surface area (Å²) in [6.07, 6.45) is 0. The molecule has 0 amide bonds. The molecule has 0 aromatic heterocycles. The first kappa shape index (κ1) is 8.32. The van der Waals surface area contributed by atoms with Crippen molar-refractivity contribution < 1.29 is 0 Å². The first-order valence-corrected chi connectivity index (χ1v) is 5.06. The summed E-state index contributed by atoms with van der Waals surface area (Å²) in [4.78, 5) is 0. The van der Waals surface area contributed by atoms with Crippen molar-refractivity contribution in [1.29, 1.82) is 0 Å². The first-order valence-electron chi connectivity index (χ1n) is 3.60. The third-order valence-corrected chi connectivity index (χ3v) is 2.67. The Morgan fingerprint density at radius 2 is 1.58 bits per heavy atom. The third-order valence-electron chi connectivity index (χ3n) is 1.76. The van der Waals surface area contributed by atoms with E-state index in [2.05, 4.69) is 40.8 Å². The lowest BCUT2D eigenvalue weighted by Crippen LogP contribution is -1.74. The molecule has 0 aliphatic carbocycles. The second-order valence-corrected chi connectivity index (χ2v) is 4.32. The number of hydrogen-bond acceptors (Lipinski definition) is 0. The molecule has 2 aromatic carbocycles. The Kier molecular flexibility index (Phi) is 2.24. The van der Waals surface area contributed by atoms with E-state index in [1.165, 1.54) is 14.3 Å². The fraction of sp³-hybridized carbons (Fsp3) is 0. The highest BCUT2D eigenvalue weighted by Gasteiger charge is 1.94. The third kappa shape index (κ3) is 1.57. The van der Waals surface area contributed by atoms with Crippen LogP contribution in [-0.4, -0.2) is 0 Å². The normalized spacial score (nSPS) is 10.5. The molecule has 0 fully saturated rings. The molecule has 60 valence electrons. The Balaban J connectivity index is 2.79. The van der Waals surface area contributed by atoms with Crippen molar-refractivity contribution in [3.05, 3.63) is 45.0 Å². The molecule has 0 atom stereocenters. The molecule has 0 saturated heterocycles. The average molecular weight is 289 g/mol. The second-order valence-electron chi connectivity index (χ2n) is 2.64.